The van der Waals surface area contributed by atoms with E-state index >= 15 is 0 Å². The number of hydrogen-bond acceptors (Lipinski definition) is 4. The summed E-state index contributed by atoms with van der Waals surface area (Å²) in [6.45, 7) is 4.79. The maximum atomic E-state index is 10.7. The first-order valence-electron chi connectivity index (χ1n) is 6.60. The standard InChI is InChI=1S/C13H23NO3/c1-11(15)16-9-8-12(2)10-17-13(14-12)6-4-3-5-7-13/h14H,3-10H2,1-2H3. The molecule has 0 aromatic rings. The van der Waals surface area contributed by atoms with Crippen LogP contribution in [-0.2, 0) is 14.3 Å². The summed E-state index contributed by atoms with van der Waals surface area (Å²) < 4.78 is 11.0. The van der Waals surface area contributed by atoms with Crippen molar-refractivity contribution in [2.75, 3.05) is 13.2 Å². The van der Waals surface area contributed by atoms with Crippen molar-refractivity contribution >= 4 is 5.97 Å². The summed E-state index contributed by atoms with van der Waals surface area (Å²) in [5.74, 6) is -0.208. The van der Waals surface area contributed by atoms with Crippen molar-refractivity contribution in [1.82, 2.24) is 5.32 Å². The SMILES string of the molecule is CC(=O)OCCC1(C)COC2(CCCCC2)N1. The summed E-state index contributed by atoms with van der Waals surface area (Å²) in [7, 11) is 0. The highest BCUT2D eigenvalue weighted by molar-refractivity contribution is 5.65. The number of rotatable bonds is 3. The van der Waals surface area contributed by atoms with E-state index in [2.05, 4.69) is 12.2 Å². The van der Waals surface area contributed by atoms with Crippen LogP contribution >= 0.6 is 0 Å². The number of nitrogens with one attached hydrogen (secondary N) is 1. The Morgan fingerprint density at radius 2 is 2.06 bits per heavy atom. The summed E-state index contributed by atoms with van der Waals surface area (Å²) in [5, 5.41) is 3.64. The molecule has 1 N–H and O–H groups in total. The molecule has 1 unspecified atom stereocenters. The van der Waals surface area contributed by atoms with Gasteiger partial charge < -0.3 is 9.47 Å². The quantitative estimate of drug-likeness (QED) is 0.768. The number of esters is 1. The summed E-state index contributed by atoms with van der Waals surface area (Å²) in [4.78, 5) is 10.7. The van der Waals surface area contributed by atoms with Gasteiger partial charge in [0.1, 0.15) is 5.72 Å². The van der Waals surface area contributed by atoms with E-state index in [1.807, 2.05) is 0 Å². The number of carbonyl (C=O) groups excluding carboxylic acids is 1. The van der Waals surface area contributed by atoms with Crippen LogP contribution in [0.4, 0.5) is 0 Å². The Kier molecular flexibility index (Phi) is 3.73. The van der Waals surface area contributed by atoms with E-state index in [0.29, 0.717) is 13.2 Å². The van der Waals surface area contributed by atoms with E-state index in [0.717, 1.165) is 19.3 Å². The molecule has 0 amide bonds. The predicted octanol–water partition coefficient (Wildman–Crippen LogP) is 1.98. The molecule has 2 aliphatic rings. The van der Waals surface area contributed by atoms with Crippen LogP contribution in [-0.4, -0.2) is 30.4 Å². The lowest BCUT2D eigenvalue weighted by molar-refractivity contribution is -0.141. The van der Waals surface area contributed by atoms with Gasteiger partial charge in [-0.15, -0.1) is 0 Å². The van der Waals surface area contributed by atoms with Gasteiger partial charge in [0, 0.05) is 18.9 Å². The first-order valence-corrected chi connectivity index (χ1v) is 6.60. The molecule has 0 bridgehead atoms. The molecular weight excluding hydrogens is 218 g/mol. The smallest absolute Gasteiger partial charge is 0.302 e. The van der Waals surface area contributed by atoms with Crippen LogP contribution in [0.2, 0.25) is 0 Å². The van der Waals surface area contributed by atoms with Gasteiger partial charge in [0.25, 0.3) is 0 Å². The average molecular weight is 241 g/mol. The van der Waals surface area contributed by atoms with Crippen LogP contribution in [0.5, 0.6) is 0 Å². The van der Waals surface area contributed by atoms with Crippen LogP contribution in [0.25, 0.3) is 0 Å². The van der Waals surface area contributed by atoms with Crippen molar-refractivity contribution in [2.45, 2.75) is 63.6 Å². The number of carbonyl (C=O) groups is 1. The zero-order valence-corrected chi connectivity index (χ0v) is 10.9. The predicted molar refractivity (Wildman–Crippen MR) is 64.6 cm³/mol. The molecule has 0 radical (unpaired) electrons. The molecule has 1 heterocycles. The Morgan fingerprint density at radius 3 is 2.71 bits per heavy atom. The molecule has 2 rings (SSSR count). The summed E-state index contributed by atoms with van der Waals surface area (Å²) in [5.41, 5.74) is -0.143. The molecule has 1 aliphatic carbocycles. The van der Waals surface area contributed by atoms with Crippen LogP contribution in [0.15, 0.2) is 0 Å². The Hall–Kier alpha value is -0.610. The first kappa shape index (κ1) is 12.8. The second-order valence-corrected chi connectivity index (χ2v) is 5.62. The lowest BCUT2D eigenvalue weighted by Gasteiger charge is -2.35. The molecule has 0 aromatic carbocycles. The minimum atomic E-state index is -0.208. The van der Waals surface area contributed by atoms with Gasteiger partial charge in [-0.05, 0) is 32.6 Å². The zero-order valence-electron chi connectivity index (χ0n) is 10.9. The van der Waals surface area contributed by atoms with Crippen molar-refractivity contribution in [3.05, 3.63) is 0 Å². The van der Waals surface area contributed by atoms with Gasteiger partial charge in [-0.3, -0.25) is 10.1 Å². The van der Waals surface area contributed by atoms with Crippen LogP contribution < -0.4 is 5.32 Å². The highest BCUT2D eigenvalue weighted by Gasteiger charge is 2.46. The maximum absolute atomic E-state index is 10.7. The fourth-order valence-corrected chi connectivity index (χ4v) is 2.87. The third-order valence-corrected chi connectivity index (χ3v) is 3.82. The molecular formula is C13H23NO3. The highest BCUT2D eigenvalue weighted by Crippen LogP contribution is 2.37. The van der Waals surface area contributed by atoms with Crippen molar-refractivity contribution in [2.24, 2.45) is 0 Å². The van der Waals surface area contributed by atoms with Gasteiger partial charge >= 0.3 is 5.97 Å². The third kappa shape index (κ3) is 3.19. The Labute approximate surface area is 103 Å². The minimum Gasteiger partial charge on any atom is -0.466 e. The maximum Gasteiger partial charge on any atom is 0.302 e. The number of hydrogen-bond donors (Lipinski definition) is 1. The molecule has 4 heteroatoms. The Morgan fingerprint density at radius 1 is 1.35 bits per heavy atom. The second-order valence-electron chi connectivity index (χ2n) is 5.62. The fraction of sp³-hybridized carbons (Fsp3) is 0.923. The first-order chi connectivity index (χ1) is 8.04. The second kappa shape index (κ2) is 4.94. The normalized spacial score (nSPS) is 31.6. The van der Waals surface area contributed by atoms with Crippen molar-refractivity contribution in [3.63, 3.8) is 0 Å². The highest BCUT2D eigenvalue weighted by atomic mass is 16.5. The van der Waals surface area contributed by atoms with Gasteiger partial charge in [-0.25, -0.2) is 0 Å². The van der Waals surface area contributed by atoms with Crippen LogP contribution in [0.3, 0.4) is 0 Å². The molecule has 98 valence electrons. The van der Waals surface area contributed by atoms with Crippen LogP contribution in [0.1, 0.15) is 52.4 Å². The van der Waals surface area contributed by atoms with Gasteiger partial charge in [0.2, 0.25) is 0 Å². The van der Waals surface area contributed by atoms with E-state index in [-0.39, 0.29) is 17.2 Å². The lowest BCUT2D eigenvalue weighted by Crippen LogP contribution is -2.51. The molecule has 1 atom stereocenters. The van der Waals surface area contributed by atoms with Crippen molar-refractivity contribution < 1.29 is 14.3 Å². The molecule has 0 aromatic heterocycles. The number of ether oxygens (including phenoxy) is 2. The summed E-state index contributed by atoms with van der Waals surface area (Å²) >= 11 is 0. The summed E-state index contributed by atoms with van der Waals surface area (Å²) in [6.07, 6.45) is 6.83. The monoisotopic (exact) mass is 241 g/mol. The molecule has 2 fully saturated rings. The van der Waals surface area contributed by atoms with E-state index in [1.165, 1.54) is 26.2 Å². The van der Waals surface area contributed by atoms with Gasteiger partial charge in [0.15, 0.2) is 0 Å². The summed E-state index contributed by atoms with van der Waals surface area (Å²) in [6, 6.07) is 0. The Balaban J connectivity index is 1.84. The zero-order chi connectivity index (χ0) is 12.4. The van der Waals surface area contributed by atoms with Crippen molar-refractivity contribution in [1.29, 1.82) is 0 Å². The van der Waals surface area contributed by atoms with E-state index < -0.39 is 0 Å². The fourth-order valence-electron chi connectivity index (χ4n) is 2.87. The topological polar surface area (TPSA) is 47.6 Å². The lowest BCUT2D eigenvalue weighted by atomic mass is 9.90. The van der Waals surface area contributed by atoms with Gasteiger partial charge in [-0.1, -0.05) is 6.42 Å². The van der Waals surface area contributed by atoms with E-state index in [4.69, 9.17) is 9.47 Å². The van der Waals surface area contributed by atoms with Gasteiger partial charge in [0.05, 0.1) is 13.2 Å². The molecule has 17 heavy (non-hydrogen) atoms. The molecule has 1 saturated heterocycles. The minimum absolute atomic E-state index is 0.0488. The van der Waals surface area contributed by atoms with Crippen molar-refractivity contribution in [3.8, 4) is 0 Å². The molecule has 1 aliphatic heterocycles. The average Bonchev–Trinajstić information content (AvgIpc) is 2.57. The largest absolute Gasteiger partial charge is 0.466 e. The van der Waals surface area contributed by atoms with E-state index in [9.17, 15) is 4.79 Å². The van der Waals surface area contributed by atoms with Gasteiger partial charge in [-0.2, -0.15) is 0 Å². The molecule has 1 saturated carbocycles. The van der Waals surface area contributed by atoms with E-state index in [1.54, 1.807) is 0 Å². The third-order valence-electron chi connectivity index (χ3n) is 3.82. The molecule has 1 spiro atoms. The van der Waals surface area contributed by atoms with Crippen LogP contribution in [0, 0.1) is 0 Å². The Bertz CT molecular complexity index is 286. The molecule has 4 nitrogen and oxygen atoms in total.